The number of nitrogens with zero attached hydrogens (tertiary/aromatic N) is 1. The molecule has 5 heteroatoms. The molecule has 25 heavy (non-hydrogen) atoms. The van der Waals surface area contributed by atoms with Gasteiger partial charge in [0.1, 0.15) is 6.04 Å². The van der Waals surface area contributed by atoms with Crippen LogP contribution in [0, 0.1) is 6.92 Å². The number of para-hydroxylation sites is 1. The summed E-state index contributed by atoms with van der Waals surface area (Å²) in [5, 5.41) is 10.4. The van der Waals surface area contributed by atoms with Crippen molar-refractivity contribution in [3.05, 3.63) is 71.4 Å². The van der Waals surface area contributed by atoms with Gasteiger partial charge in [-0.1, -0.05) is 48.0 Å². The first kappa shape index (κ1) is 17.2. The summed E-state index contributed by atoms with van der Waals surface area (Å²) in [5.41, 5.74) is 7.08. The Labute approximate surface area is 146 Å². The summed E-state index contributed by atoms with van der Waals surface area (Å²) >= 11 is 0. The third kappa shape index (κ3) is 3.90. The topological polar surface area (TPSA) is 63.5 Å². The number of carbonyl (C=O) groups is 1. The lowest BCUT2D eigenvalue weighted by atomic mass is 10.1. The summed E-state index contributed by atoms with van der Waals surface area (Å²) < 4.78 is 2.17. The predicted molar refractivity (Wildman–Crippen MR) is 97.5 cm³/mol. The Balaban J connectivity index is 1.96. The molecule has 1 atom stereocenters. The van der Waals surface area contributed by atoms with Crippen molar-refractivity contribution in [1.29, 1.82) is 0 Å². The van der Waals surface area contributed by atoms with Gasteiger partial charge in [-0.05, 0) is 24.1 Å². The summed E-state index contributed by atoms with van der Waals surface area (Å²) in [6.45, 7) is 2.83. The van der Waals surface area contributed by atoms with Gasteiger partial charge in [0.25, 0.3) is 0 Å². The number of aromatic nitrogens is 1. The lowest BCUT2D eigenvalue weighted by Crippen LogP contribution is -2.37. The van der Waals surface area contributed by atoms with Gasteiger partial charge in [0.15, 0.2) is 0 Å². The van der Waals surface area contributed by atoms with Gasteiger partial charge in [-0.3, -0.25) is 4.79 Å². The molecule has 2 N–H and O–H groups in total. The number of aliphatic carboxylic acids is 1. The van der Waals surface area contributed by atoms with Gasteiger partial charge in [0.2, 0.25) is 0 Å². The monoisotopic (exact) mass is 338 g/mol. The first-order chi connectivity index (χ1) is 12.1. The summed E-state index contributed by atoms with van der Waals surface area (Å²) in [4.78, 5) is 16.2. The van der Waals surface area contributed by atoms with Gasteiger partial charge < -0.3 is 14.5 Å². The van der Waals surface area contributed by atoms with Crippen LogP contribution in [0.3, 0.4) is 0 Å². The van der Waals surface area contributed by atoms with Gasteiger partial charge in [0, 0.05) is 30.1 Å². The maximum atomic E-state index is 11.4. The predicted octanol–water partition coefficient (Wildman–Crippen LogP) is 3.14. The van der Waals surface area contributed by atoms with Crippen molar-refractivity contribution in [2.24, 2.45) is 0 Å². The molecule has 2 aromatic carbocycles. The third-order valence-electron chi connectivity index (χ3n) is 4.29. The standard InChI is InChI=1S/C20H22N2O3/c1-14-6-5-7-15(10-14)12-22-13-16(11-18(20(23)24)21-25-2)17-8-3-4-9-19(17)22/h3-10,13,18,21H,11-12H2,1-2H3,(H,23,24). The Kier molecular flexibility index (Phi) is 5.16. The van der Waals surface area contributed by atoms with Crippen LogP contribution in [-0.4, -0.2) is 28.8 Å². The molecule has 1 aromatic heterocycles. The highest BCUT2D eigenvalue weighted by molar-refractivity contribution is 5.85. The van der Waals surface area contributed by atoms with Crippen molar-refractivity contribution in [2.75, 3.05) is 7.11 Å². The highest BCUT2D eigenvalue weighted by Gasteiger charge is 2.20. The molecule has 130 valence electrons. The molecule has 0 aliphatic heterocycles. The average molecular weight is 338 g/mol. The van der Waals surface area contributed by atoms with Crippen LogP contribution in [0.4, 0.5) is 0 Å². The van der Waals surface area contributed by atoms with Crippen molar-refractivity contribution in [2.45, 2.75) is 25.9 Å². The molecule has 0 aliphatic carbocycles. The van der Waals surface area contributed by atoms with E-state index in [1.807, 2.05) is 24.4 Å². The first-order valence-electron chi connectivity index (χ1n) is 8.22. The van der Waals surface area contributed by atoms with Crippen molar-refractivity contribution in [3.8, 4) is 0 Å². The third-order valence-corrected chi connectivity index (χ3v) is 4.29. The molecule has 0 spiro atoms. The van der Waals surface area contributed by atoms with E-state index in [0.29, 0.717) is 6.42 Å². The molecule has 0 amide bonds. The van der Waals surface area contributed by atoms with Crippen LogP contribution in [0.15, 0.2) is 54.7 Å². The number of fused-ring (bicyclic) bond motifs is 1. The Hall–Kier alpha value is -2.63. The second-order valence-corrected chi connectivity index (χ2v) is 6.21. The SMILES string of the molecule is CONC(Cc1cn(Cc2cccc(C)c2)c2ccccc12)C(=O)O. The number of benzene rings is 2. The summed E-state index contributed by atoms with van der Waals surface area (Å²) in [5.74, 6) is -0.933. The van der Waals surface area contributed by atoms with Crippen molar-refractivity contribution in [1.82, 2.24) is 10.0 Å². The number of hydroxylamine groups is 1. The van der Waals surface area contributed by atoms with Gasteiger partial charge in [-0.15, -0.1) is 0 Å². The Morgan fingerprint density at radius 3 is 2.76 bits per heavy atom. The summed E-state index contributed by atoms with van der Waals surface area (Å²) in [6.07, 6.45) is 2.39. The zero-order valence-electron chi connectivity index (χ0n) is 14.4. The van der Waals surface area contributed by atoms with Crippen LogP contribution >= 0.6 is 0 Å². The van der Waals surface area contributed by atoms with Crippen molar-refractivity contribution >= 4 is 16.9 Å². The van der Waals surface area contributed by atoms with Crippen molar-refractivity contribution in [3.63, 3.8) is 0 Å². The van der Waals surface area contributed by atoms with E-state index in [1.54, 1.807) is 0 Å². The average Bonchev–Trinajstić information content (AvgIpc) is 2.92. The molecule has 3 aromatic rings. The summed E-state index contributed by atoms with van der Waals surface area (Å²) in [6, 6.07) is 15.7. The smallest absolute Gasteiger partial charge is 0.323 e. The molecular formula is C20H22N2O3. The van der Waals surface area contributed by atoms with E-state index in [2.05, 4.69) is 47.3 Å². The number of nitrogens with one attached hydrogen (secondary N) is 1. The van der Waals surface area contributed by atoms with Gasteiger partial charge >= 0.3 is 5.97 Å². The second kappa shape index (κ2) is 7.51. The molecule has 1 unspecified atom stereocenters. The number of aryl methyl sites for hydroxylation is 1. The first-order valence-corrected chi connectivity index (χ1v) is 8.22. The van der Waals surface area contributed by atoms with Crippen LogP contribution in [-0.2, 0) is 22.6 Å². The summed E-state index contributed by atoms with van der Waals surface area (Å²) in [7, 11) is 1.43. The Morgan fingerprint density at radius 2 is 2.04 bits per heavy atom. The van der Waals surface area contributed by atoms with E-state index in [-0.39, 0.29) is 0 Å². The van der Waals surface area contributed by atoms with Gasteiger partial charge in [-0.2, -0.15) is 5.48 Å². The van der Waals surface area contributed by atoms with Crippen LogP contribution < -0.4 is 5.48 Å². The molecule has 0 saturated carbocycles. The zero-order chi connectivity index (χ0) is 17.8. The Bertz CT molecular complexity index is 886. The van der Waals surface area contributed by atoms with Crippen LogP contribution in [0.1, 0.15) is 16.7 Å². The number of hydrogen-bond acceptors (Lipinski definition) is 3. The van der Waals surface area contributed by atoms with E-state index in [1.165, 1.54) is 18.2 Å². The fourth-order valence-electron chi connectivity index (χ4n) is 3.17. The van der Waals surface area contributed by atoms with E-state index < -0.39 is 12.0 Å². The largest absolute Gasteiger partial charge is 0.480 e. The number of carboxylic acids is 1. The molecule has 0 bridgehead atoms. The highest BCUT2D eigenvalue weighted by Crippen LogP contribution is 2.24. The molecule has 0 saturated heterocycles. The van der Waals surface area contributed by atoms with E-state index in [9.17, 15) is 9.90 Å². The molecule has 0 aliphatic rings. The van der Waals surface area contributed by atoms with E-state index in [0.717, 1.165) is 23.0 Å². The second-order valence-electron chi connectivity index (χ2n) is 6.21. The normalized spacial score (nSPS) is 12.4. The lowest BCUT2D eigenvalue weighted by molar-refractivity contribution is -0.143. The minimum absolute atomic E-state index is 0.352. The molecule has 5 nitrogen and oxygen atoms in total. The van der Waals surface area contributed by atoms with Crippen LogP contribution in [0.5, 0.6) is 0 Å². The zero-order valence-corrected chi connectivity index (χ0v) is 14.4. The molecule has 3 rings (SSSR count). The maximum Gasteiger partial charge on any atom is 0.323 e. The molecule has 0 fully saturated rings. The van der Waals surface area contributed by atoms with Gasteiger partial charge in [-0.25, -0.2) is 0 Å². The van der Waals surface area contributed by atoms with Crippen molar-refractivity contribution < 1.29 is 14.7 Å². The minimum atomic E-state index is -0.933. The van der Waals surface area contributed by atoms with Crippen LogP contribution in [0.2, 0.25) is 0 Å². The number of hydrogen-bond donors (Lipinski definition) is 2. The lowest BCUT2D eigenvalue weighted by Gasteiger charge is -2.11. The molecule has 0 radical (unpaired) electrons. The molecule has 1 heterocycles. The number of rotatable bonds is 7. The quantitative estimate of drug-likeness (QED) is 0.650. The van der Waals surface area contributed by atoms with E-state index >= 15 is 0 Å². The minimum Gasteiger partial charge on any atom is -0.480 e. The maximum absolute atomic E-state index is 11.4. The Morgan fingerprint density at radius 1 is 1.24 bits per heavy atom. The van der Waals surface area contributed by atoms with Crippen LogP contribution in [0.25, 0.3) is 10.9 Å². The fourth-order valence-corrected chi connectivity index (χ4v) is 3.17. The van der Waals surface area contributed by atoms with E-state index in [4.69, 9.17) is 4.84 Å². The fraction of sp³-hybridized carbons (Fsp3) is 0.250. The van der Waals surface area contributed by atoms with Gasteiger partial charge in [0.05, 0.1) is 7.11 Å². The molecular weight excluding hydrogens is 316 g/mol. The highest BCUT2D eigenvalue weighted by atomic mass is 16.6. The number of carboxylic acid groups (broad SMARTS) is 1.